The second-order valence-electron chi connectivity index (χ2n) is 5.52. The SMILES string of the molecule is CCCc1cccc(/C=C/c2c(C)cccc2C)c1C. The summed E-state index contributed by atoms with van der Waals surface area (Å²) in [4.78, 5) is 0. The first-order valence-corrected chi connectivity index (χ1v) is 7.46. The van der Waals surface area contributed by atoms with Crippen LogP contribution in [0.15, 0.2) is 36.4 Å². The Kier molecular flexibility index (Phi) is 4.79. The van der Waals surface area contributed by atoms with Gasteiger partial charge in [-0.1, -0.05) is 61.9 Å². The van der Waals surface area contributed by atoms with Gasteiger partial charge in [0.1, 0.15) is 0 Å². The van der Waals surface area contributed by atoms with Crippen LogP contribution < -0.4 is 0 Å². The molecule has 0 N–H and O–H groups in total. The Labute approximate surface area is 123 Å². The van der Waals surface area contributed by atoms with Crippen LogP contribution in [0.5, 0.6) is 0 Å². The van der Waals surface area contributed by atoms with Crippen molar-refractivity contribution in [1.29, 1.82) is 0 Å². The molecule has 0 atom stereocenters. The smallest absolute Gasteiger partial charge is 0.0198 e. The van der Waals surface area contributed by atoms with Crippen molar-refractivity contribution in [3.63, 3.8) is 0 Å². The standard InChI is InChI=1S/C20H24/c1-5-8-18-11-7-12-19(17(18)4)13-14-20-15(2)9-6-10-16(20)3/h6-7,9-14H,5,8H2,1-4H3/b14-13+. The largest absolute Gasteiger partial charge is 0.0651 e. The predicted molar refractivity (Wildman–Crippen MR) is 90.0 cm³/mol. The fourth-order valence-electron chi connectivity index (χ4n) is 2.69. The minimum absolute atomic E-state index is 1.16. The highest BCUT2D eigenvalue weighted by atomic mass is 14.1. The van der Waals surface area contributed by atoms with E-state index in [9.17, 15) is 0 Å². The van der Waals surface area contributed by atoms with Gasteiger partial charge < -0.3 is 0 Å². The van der Waals surface area contributed by atoms with E-state index in [-0.39, 0.29) is 0 Å². The van der Waals surface area contributed by atoms with Crippen LogP contribution >= 0.6 is 0 Å². The lowest BCUT2D eigenvalue weighted by Gasteiger charge is -2.08. The van der Waals surface area contributed by atoms with E-state index in [2.05, 4.69) is 76.2 Å². The van der Waals surface area contributed by atoms with Crippen molar-refractivity contribution < 1.29 is 0 Å². The lowest BCUT2D eigenvalue weighted by atomic mass is 9.97. The molecule has 0 aliphatic carbocycles. The molecule has 20 heavy (non-hydrogen) atoms. The fraction of sp³-hybridized carbons (Fsp3) is 0.300. The van der Waals surface area contributed by atoms with Crippen LogP contribution in [0.3, 0.4) is 0 Å². The molecule has 0 bridgehead atoms. The molecule has 0 spiro atoms. The number of rotatable bonds is 4. The van der Waals surface area contributed by atoms with Crippen molar-refractivity contribution in [3.05, 3.63) is 69.8 Å². The highest BCUT2D eigenvalue weighted by Crippen LogP contribution is 2.20. The van der Waals surface area contributed by atoms with Gasteiger partial charge in [-0.25, -0.2) is 0 Å². The summed E-state index contributed by atoms with van der Waals surface area (Å²) < 4.78 is 0. The monoisotopic (exact) mass is 264 g/mol. The van der Waals surface area contributed by atoms with E-state index in [1.54, 1.807) is 0 Å². The molecule has 0 radical (unpaired) electrons. The number of aryl methyl sites for hydroxylation is 3. The van der Waals surface area contributed by atoms with Gasteiger partial charge in [0.15, 0.2) is 0 Å². The van der Waals surface area contributed by atoms with Crippen LogP contribution in [0.2, 0.25) is 0 Å². The molecule has 0 fully saturated rings. The normalized spacial score (nSPS) is 11.2. The van der Waals surface area contributed by atoms with Crippen molar-refractivity contribution in [3.8, 4) is 0 Å². The van der Waals surface area contributed by atoms with Crippen molar-refractivity contribution in [1.82, 2.24) is 0 Å². The minimum Gasteiger partial charge on any atom is -0.0651 e. The Bertz CT molecular complexity index is 598. The van der Waals surface area contributed by atoms with Gasteiger partial charge in [-0.15, -0.1) is 0 Å². The minimum atomic E-state index is 1.16. The van der Waals surface area contributed by atoms with E-state index < -0.39 is 0 Å². The maximum Gasteiger partial charge on any atom is -0.0198 e. The van der Waals surface area contributed by atoms with Gasteiger partial charge in [0, 0.05) is 0 Å². The third kappa shape index (κ3) is 3.19. The lowest BCUT2D eigenvalue weighted by Crippen LogP contribution is -1.91. The van der Waals surface area contributed by atoms with E-state index in [1.807, 2.05) is 0 Å². The van der Waals surface area contributed by atoms with E-state index in [1.165, 1.54) is 39.8 Å². The van der Waals surface area contributed by atoms with Gasteiger partial charge >= 0.3 is 0 Å². The molecule has 2 aromatic carbocycles. The molecular weight excluding hydrogens is 240 g/mol. The quantitative estimate of drug-likeness (QED) is 0.618. The van der Waals surface area contributed by atoms with E-state index in [0.29, 0.717) is 0 Å². The first-order chi connectivity index (χ1) is 9.63. The molecule has 0 saturated heterocycles. The zero-order valence-corrected chi connectivity index (χ0v) is 13.0. The molecule has 0 heterocycles. The van der Waals surface area contributed by atoms with Crippen molar-refractivity contribution in [2.45, 2.75) is 40.5 Å². The van der Waals surface area contributed by atoms with Crippen LogP contribution in [0, 0.1) is 20.8 Å². The number of benzene rings is 2. The molecule has 0 saturated carbocycles. The summed E-state index contributed by atoms with van der Waals surface area (Å²) in [5.41, 5.74) is 8.23. The van der Waals surface area contributed by atoms with Crippen LogP contribution in [-0.4, -0.2) is 0 Å². The lowest BCUT2D eigenvalue weighted by molar-refractivity contribution is 0.912. The molecule has 0 nitrogen and oxygen atoms in total. The molecule has 0 heteroatoms. The summed E-state index contributed by atoms with van der Waals surface area (Å²) in [5, 5.41) is 0. The van der Waals surface area contributed by atoms with E-state index in [4.69, 9.17) is 0 Å². The third-order valence-electron chi connectivity index (χ3n) is 3.98. The van der Waals surface area contributed by atoms with Crippen LogP contribution in [0.1, 0.15) is 46.7 Å². The summed E-state index contributed by atoms with van der Waals surface area (Å²) in [6.07, 6.45) is 6.87. The topological polar surface area (TPSA) is 0 Å². The maximum absolute atomic E-state index is 2.25. The van der Waals surface area contributed by atoms with Crippen molar-refractivity contribution in [2.75, 3.05) is 0 Å². The summed E-state index contributed by atoms with van der Waals surface area (Å²) >= 11 is 0. The van der Waals surface area contributed by atoms with Crippen molar-refractivity contribution in [2.24, 2.45) is 0 Å². The van der Waals surface area contributed by atoms with Crippen molar-refractivity contribution >= 4 is 12.2 Å². The molecule has 0 aliphatic heterocycles. The Balaban J connectivity index is 2.35. The van der Waals surface area contributed by atoms with Gasteiger partial charge in [0.25, 0.3) is 0 Å². The first kappa shape index (κ1) is 14.6. The molecule has 0 unspecified atom stereocenters. The molecule has 2 aromatic rings. The average molecular weight is 264 g/mol. The number of hydrogen-bond acceptors (Lipinski definition) is 0. The van der Waals surface area contributed by atoms with Gasteiger partial charge in [-0.3, -0.25) is 0 Å². The second kappa shape index (κ2) is 6.56. The van der Waals surface area contributed by atoms with Gasteiger partial charge in [-0.2, -0.15) is 0 Å². The summed E-state index contributed by atoms with van der Waals surface area (Å²) in [7, 11) is 0. The third-order valence-corrected chi connectivity index (χ3v) is 3.98. The van der Waals surface area contributed by atoms with Crippen LogP contribution in [-0.2, 0) is 6.42 Å². The number of hydrogen-bond donors (Lipinski definition) is 0. The van der Waals surface area contributed by atoms with Gasteiger partial charge in [0.05, 0.1) is 0 Å². The van der Waals surface area contributed by atoms with E-state index in [0.717, 1.165) is 6.42 Å². The Hall–Kier alpha value is -1.82. The molecule has 0 aliphatic rings. The fourth-order valence-corrected chi connectivity index (χ4v) is 2.69. The second-order valence-corrected chi connectivity index (χ2v) is 5.52. The zero-order valence-electron chi connectivity index (χ0n) is 13.0. The summed E-state index contributed by atoms with van der Waals surface area (Å²) in [6.45, 7) is 8.81. The summed E-state index contributed by atoms with van der Waals surface area (Å²) in [5.74, 6) is 0. The molecular formula is C20H24. The average Bonchev–Trinajstić information content (AvgIpc) is 2.42. The first-order valence-electron chi connectivity index (χ1n) is 7.46. The molecule has 0 aromatic heterocycles. The van der Waals surface area contributed by atoms with E-state index >= 15 is 0 Å². The maximum atomic E-state index is 2.25. The Morgan fingerprint density at radius 1 is 0.850 bits per heavy atom. The van der Waals surface area contributed by atoms with Crippen LogP contribution in [0.25, 0.3) is 12.2 Å². The van der Waals surface area contributed by atoms with Gasteiger partial charge in [-0.05, 0) is 60.6 Å². The molecule has 2 rings (SSSR count). The Morgan fingerprint density at radius 2 is 1.50 bits per heavy atom. The zero-order chi connectivity index (χ0) is 14.5. The summed E-state index contributed by atoms with van der Waals surface area (Å²) in [6, 6.07) is 13.1. The highest BCUT2D eigenvalue weighted by Gasteiger charge is 2.02. The highest BCUT2D eigenvalue weighted by molar-refractivity contribution is 5.74. The molecule has 104 valence electrons. The van der Waals surface area contributed by atoms with Crippen LogP contribution in [0.4, 0.5) is 0 Å². The Morgan fingerprint density at radius 3 is 2.15 bits per heavy atom. The molecule has 0 amide bonds. The van der Waals surface area contributed by atoms with Gasteiger partial charge in [0.2, 0.25) is 0 Å². The predicted octanol–water partition coefficient (Wildman–Crippen LogP) is 5.73.